The first-order chi connectivity index (χ1) is 17.0. The molecule has 9 heteroatoms. The van der Waals surface area contributed by atoms with E-state index in [0.29, 0.717) is 17.1 Å². The Labute approximate surface area is 203 Å². The van der Waals surface area contributed by atoms with Gasteiger partial charge in [0.2, 0.25) is 0 Å². The van der Waals surface area contributed by atoms with Crippen LogP contribution in [0, 0.1) is 11.5 Å². The van der Waals surface area contributed by atoms with Gasteiger partial charge in [-0.15, -0.1) is 5.11 Å². The van der Waals surface area contributed by atoms with Crippen molar-refractivity contribution in [1.29, 1.82) is 5.26 Å². The first kappa shape index (κ1) is 24.6. The second-order valence-electron chi connectivity index (χ2n) is 7.24. The fraction of sp³-hybridized carbons (Fsp3) is 0.0385. The zero-order valence-electron chi connectivity index (χ0n) is 19.1. The fourth-order valence-electron chi connectivity index (χ4n) is 2.89. The first-order valence-corrected chi connectivity index (χ1v) is 10.5. The molecule has 4 rings (SSSR count). The predicted molar refractivity (Wildman–Crippen MR) is 136 cm³/mol. The van der Waals surface area contributed by atoms with Crippen LogP contribution in [0.15, 0.2) is 107 Å². The number of nitriles is 1. The summed E-state index contributed by atoms with van der Waals surface area (Å²) in [5, 5.41) is 15.7. The zero-order chi connectivity index (χ0) is 25.0. The van der Waals surface area contributed by atoms with Gasteiger partial charge in [-0.05, 0) is 83.9 Å². The summed E-state index contributed by atoms with van der Waals surface area (Å²) in [4.78, 5) is 0. The molecule has 9 nitrogen and oxygen atoms in total. The summed E-state index contributed by atoms with van der Waals surface area (Å²) in [7, 11) is 1.47. The van der Waals surface area contributed by atoms with E-state index in [1.807, 2.05) is 84.9 Å². The molecule has 0 saturated heterocycles. The minimum Gasteiger partial charge on any atom is -0.457 e. The van der Waals surface area contributed by atoms with Crippen LogP contribution in [0.2, 0.25) is 0 Å². The summed E-state index contributed by atoms with van der Waals surface area (Å²) in [5.74, 6) is 12.8. The molecule has 0 unspecified atom stereocenters. The molecule has 0 aliphatic carbocycles. The van der Waals surface area contributed by atoms with E-state index in [2.05, 4.69) is 10.3 Å². The summed E-state index contributed by atoms with van der Waals surface area (Å²) in [6, 6.07) is 30.3. The summed E-state index contributed by atoms with van der Waals surface area (Å²) < 4.78 is 11.7. The van der Waals surface area contributed by atoms with Gasteiger partial charge in [0.05, 0.1) is 5.69 Å². The minimum absolute atomic E-state index is 0.670. The van der Waals surface area contributed by atoms with Crippen molar-refractivity contribution in [2.75, 3.05) is 12.8 Å². The topological polar surface area (TPSA) is 148 Å². The van der Waals surface area contributed by atoms with E-state index in [1.165, 1.54) is 7.05 Å². The molecule has 0 aliphatic heterocycles. The first-order valence-electron chi connectivity index (χ1n) is 10.5. The molecule has 0 heterocycles. The van der Waals surface area contributed by atoms with Crippen LogP contribution in [-0.4, -0.2) is 12.1 Å². The van der Waals surface area contributed by atoms with Gasteiger partial charge in [0.25, 0.3) is 0 Å². The van der Waals surface area contributed by atoms with Gasteiger partial charge in [-0.2, -0.15) is 5.26 Å². The Hall–Kier alpha value is -5.07. The number of hydrogen-bond donors (Lipinski definition) is 3. The predicted octanol–water partition coefficient (Wildman–Crippen LogP) is 5.75. The number of hydrogen-bond acceptors (Lipinski definition) is 8. The number of nitrogens with zero attached hydrogens (tertiary/aromatic N) is 4. The number of anilines is 1. The minimum atomic E-state index is 0.670. The lowest BCUT2D eigenvalue weighted by atomic mass is 10.1. The molecule has 0 fully saturated rings. The highest BCUT2D eigenvalue weighted by Crippen LogP contribution is 2.29. The van der Waals surface area contributed by atoms with Crippen LogP contribution in [-0.2, 0) is 0 Å². The van der Waals surface area contributed by atoms with Crippen molar-refractivity contribution < 1.29 is 9.47 Å². The maximum Gasteiger partial charge on any atom is 0.194 e. The highest BCUT2D eigenvalue weighted by molar-refractivity contribution is 5.65. The molecule has 0 aromatic heterocycles. The Kier molecular flexibility index (Phi) is 8.60. The van der Waals surface area contributed by atoms with Crippen molar-refractivity contribution in [3.8, 4) is 40.3 Å². The summed E-state index contributed by atoms with van der Waals surface area (Å²) in [6.45, 7) is 0. The van der Waals surface area contributed by atoms with Crippen molar-refractivity contribution in [3.05, 3.63) is 97.1 Å². The van der Waals surface area contributed by atoms with Crippen molar-refractivity contribution in [2.45, 2.75) is 0 Å². The van der Waals surface area contributed by atoms with Crippen LogP contribution in [0.1, 0.15) is 0 Å². The molecular formula is C26H25N7O2. The standard InChI is InChI=1S/C24H20N4O2.C2H5N3/c25-19-5-13-23(14-6-19)29-21-9-1-17(2-10-21)18-3-11-22(12-4-18)30-24-15-7-20(8-16-24)27-28-26;1-5(4)2-3/h1-16H,25H2,(H2,26,27);4H2,1H3. The SMILES string of the molecule is CN(N)C#N.NN=Nc1ccc(Oc2ccc(-c3ccc(Oc4ccc(N)cc4)cc3)cc2)cc1. The third-order valence-electron chi connectivity index (χ3n) is 4.56. The monoisotopic (exact) mass is 467 g/mol. The maximum absolute atomic E-state index is 7.69. The molecule has 0 atom stereocenters. The average molecular weight is 468 g/mol. The van der Waals surface area contributed by atoms with E-state index in [4.69, 9.17) is 32.2 Å². The Balaban J connectivity index is 0.000000623. The second kappa shape index (κ2) is 12.2. The molecule has 35 heavy (non-hydrogen) atoms. The number of benzene rings is 4. The van der Waals surface area contributed by atoms with Gasteiger partial charge >= 0.3 is 0 Å². The number of nitrogens with two attached hydrogens (primary N) is 3. The average Bonchev–Trinajstić information content (AvgIpc) is 2.88. The van der Waals surface area contributed by atoms with E-state index >= 15 is 0 Å². The molecule has 0 radical (unpaired) electrons. The van der Waals surface area contributed by atoms with E-state index < -0.39 is 0 Å². The van der Waals surface area contributed by atoms with Crippen LogP contribution in [0.3, 0.4) is 0 Å². The van der Waals surface area contributed by atoms with Gasteiger partial charge in [-0.1, -0.05) is 29.5 Å². The molecule has 0 spiro atoms. The van der Waals surface area contributed by atoms with E-state index in [9.17, 15) is 0 Å². The summed E-state index contributed by atoms with van der Waals surface area (Å²) in [6.07, 6.45) is 1.64. The van der Waals surface area contributed by atoms with Crippen LogP contribution in [0.4, 0.5) is 11.4 Å². The lowest BCUT2D eigenvalue weighted by Gasteiger charge is -2.09. The largest absolute Gasteiger partial charge is 0.457 e. The molecule has 0 saturated carbocycles. The van der Waals surface area contributed by atoms with Gasteiger partial charge in [-0.3, -0.25) is 5.01 Å². The normalized spacial score (nSPS) is 10.1. The van der Waals surface area contributed by atoms with E-state index in [1.54, 1.807) is 18.3 Å². The van der Waals surface area contributed by atoms with E-state index in [0.717, 1.165) is 33.4 Å². The Morgan fingerprint density at radius 3 is 1.37 bits per heavy atom. The zero-order valence-corrected chi connectivity index (χ0v) is 19.1. The quantitative estimate of drug-likeness (QED) is 0.0816. The lowest BCUT2D eigenvalue weighted by molar-refractivity contribution is 0.482. The Morgan fingerprint density at radius 1 is 0.686 bits per heavy atom. The van der Waals surface area contributed by atoms with Crippen LogP contribution in [0.25, 0.3) is 11.1 Å². The lowest BCUT2D eigenvalue weighted by Crippen LogP contribution is -2.18. The molecule has 4 aromatic carbocycles. The van der Waals surface area contributed by atoms with Crippen molar-refractivity contribution in [1.82, 2.24) is 5.01 Å². The van der Waals surface area contributed by atoms with Gasteiger partial charge in [0.1, 0.15) is 23.0 Å². The van der Waals surface area contributed by atoms with Gasteiger partial charge in [-0.25, -0.2) is 5.84 Å². The molecular weight excluding hydrogens is 442 g/mol. The number of rotatable bonds is 6. The van der Waals surface area contributed by atoms with Gasteiger partial charge in [0.15, 0.2) is 6.19 Å². The molecule has 0 bridgehead atoms. The molecule has 4 aromatic rings. The van der Waals surface area contributed by atoms with Crippen LogP contribution in [0.5, 0.6) is 23.0 Å². The van der Waals surface area contributed by atoms with Crippen molar-refractivity contribution in [2.24, 2.45) is 22.0 Å². The third kappa shape index (κ3) is 7.78. The van der Waals surface area contributed by atoms with Crippen LogP contribution >= 0.6 is 0 Å². The second-order valence-corrected chi connectivity index (χ2v) is 7.24. The van der Waals surface area contributed by atoms with Crippen molar-refractivity contribution in [3.63, 3.8) is 0 Å². The van der Waals surface area contributed by atoms with Gasteiger partial charge in [0, 0.05) is 12.7 Å². The summed E-state index contributed by atoms with van der Waals surface area (Å²) >= 11 is 0. The highest BCUT2D eigenvalue weighted by atomic mass is 16.5. The Morgan fingerprint density at radius 2 is 1.03 bits per heavy atom. The Bertz CT molecular complexity index is 1260. The number of hydrazine groups is 1. The highest BCUT2D eigenvalue weighted by Gasteiger charge is 2.03. The van der Waals surface area contributed by atoms with Crippen molar-refractivity contribution >= 4 is 11.4 Å². The molecule has 176 valence electrons. The van der Waals surface area contributed by atoms with Gasteiger partial charge < -0.3 is 21.1 Å². The maximum atomic E-state index is 7.69. The fourth-order valence-corrected chi connectivity index (χ4v) is 2.89. The van der Waals surface area contributed by atoms with E-state index in [-0.39, 0.29) is 0 Å². The molecule has 0 amide bonds. The third-order valence-corrected chi connectivity index (χ3v) is 4.56. The molecule has 0 aliphatic rings. The number of ether oxygens (including phenoxy) is 2. The summed E-state index contributed by atoms with van der Waals surface area (Å²) in [5.41, 5.74) is 9.25. The van der Waals surface area contributed by atoms with Crippen LogP contribution < -0.4 is 26.9 Å². The number of nitrogen functional groups attached to an aromatic ring is 1. The smallest absolute Gasteiger partial charge is 0.194 e. The molecule has 6 N–H and O–H groups in total.